The van der Waals surface area contributed by atoms with Crippen LogP contribution in [0.4, 0.5) is 0 Å². The second-order valence-electron chi connectivity index (χ2n) is 4.05. The minimum atomic E-state index is -0.454. The molecular weight excluding hydrogens is 182 g/mol. The molecular formula is C14H15N. The molecule has 2 aromatic rings. The van der Waals surface area contributed by atoms with Gasteiger partial charge in [-0.25, -0.2) is 0 Å². The van der Waals surface area contributed by atoms with Crippen LogP contribution in [0.2, 0.25) is 0 Å². The molecule has 0 amide bonds. The lowest BCUT2D eigenvalue weighted by molar-refractivity contribution is 0.633. The zero-order valence-electron chi connectivity index (χ0n) is 8.90. The molecule has 1 unspecified atom stereocenters. The quantitative estimate of drug-likeness (QED) is 0.735. The summed E-state index contributed by atoms with van der Waals surface area (Å²) in [4.78, 5) is 0. The fraction of sp³-hybridized carbons (Fsp3) is 0.143. The number of hydrogen-bond acceptors (Lipinski definition) is 1. The molecule has 1 heteroatoms. The first kappa shape index (κ1) is 9.94. The van der Waals surface area contributed by atoms with Crippen molar-refractivity contribution >= 4 is 10.8 Å². The maximum atomic E-state index is 6.11. The van der Waals surface area contributed by atoms with Gasteiger partial charge >= 0.3 is 0 Å². The van der Waals surface area contributed by atoms with Crippen molar-refractivity contribution in [3.05, 3.63) is 60.7 Å². The Hall–Kier alpha value is -1.60. The van der Waals surface area contributed by atoms with Crippen molar-refractivity contribution in [3.8, 4) is 0 Å². The summed E-state index contributed by atoms with van der Waals surface area (Å²) in [7, 11) is 0. The van der Waals surface area contributed by atoms with Crippen LogP contribution in [0.25, 0.3) is 10.8 Å². The molecule has 0 aliphatic carbocycles. The van der Waals surface area contributed by atoms with E-state index in [1.807, 2.05) is 19.1 Å². The molecule has 0 aliphatic heterocycles. The molecule has 0 bridgehead atoms. The highest BCUT2D eigenvalue weighted by Crippen LogP contribution is 2.23. The predicted molar refractivity (Wildman–Crippen MR) is 65.7 cm³/mol. The fourth-order valence-electron chi connectivity index (χ4n) is 1.64. The Morgan fingerprint density at radius 2 is 1.80 bits per heavy atom. The highest BCUT2D eigenvalue weighted by Gasteiger charge is 2.16. The van der Waals surface area contributed by atoms with Crippen molar-refractivity contribution in [1.82, 2.24) is 0 Å². The molecule has 0 aromatic heterocycles. The topological polar surface area (TPSA) is 26.0 Å². The van der Waals surface area contributed by atoms with E-state index in [0.717, 1.165) is 5.56 Å². The van der Waals surface area contributed by atoms with Gasteiger partial charge in [0, 0.05) is 0 Å². The van der Waals surface area contributed by atoms with Crippen LogP contribution in [0.3, 0.4) is 0 Å². The summed E-state index contributed by atoms with van der Waals surface area (Å²) < 4.78 is 0. The molecule has 1 nitrogen and oxygen atoms in total. The Balaban J connectivity index is 2.61. The standard InChI is InChI=1S/C14H15N/c1-3-14(2,15)13-9-8-11-6-4-5-7-12(11)10-13/h3-10H,1,15H2,2H3. The van der Waals surface area contributed by atoms with Gasteiger partial charge in [-0.2, -0.15) is 0 Å². The number of rotatable bonds is 2. The SMILES string of the molecule is C=CC(C)(N)c1ccc2ccccc2c1. The van der Waals surface area contributed by atoms with Crippen molar-refractivity contribution in [2.75, 3.05) is 0 Å². The smallest absolute Gasteiger partial charge is 0.0564 e. The molecule has 2 aromatic carbocycles. The Kier molecular flexibility index (Phi) is 2.33. The minimum Gasteiger partial charge on any atom is -0.318 e. The van der Waals surface area contributed by atoms with Gasteiger partial charge in [0.05, 0.1) is 5.54 Å². The zero-order valence-corrected chi connectivity index (χ0v) is 8.90. The molecule has 15 heavy (non-hydrogen) atoms. The van der Waals surface area contributed by atoms with Gasteiger partial charge in [-0.3, -0.25) is 0 Å². The van der Waals surface area contributed by atoms with Crippen molar-refractivity contribution in [1.29, 1.82) is 0 Å². The summed E-state index contributed by atoms with van der Waals surface area (Å²) in [6, 6.07) is 14.5. The van der Waals surface area contributed by atoms with Crippen molar-refractivity contribution in [2.24, 2.45) is 5.73 Å². The Bertz CT molecular complexity index is 497. The summed E-state index contributed by atoms with van der Waals surface area (Å²) >= 11 is 0. The van der Waals surface area contributed by atoms with E-state index in [9.17, 15) is 0 Å². The molecule has 1 atom stereocenters. The Morgan fingerprint density at radius 1 is 1.13 bits per heavy atom. The van der Waals surface area contributed by atoms with E-state index >= 15 is 0 Å². The Morgan fingerprint density at radius 3 is 2.47 bits per heavy atom. The van der Waals surface area contributed by atoms with E-state index in [1.165, 1.54) is 10.8 Å². The molecule has 2 rings (SSSR count). The lowest BCUT2D eigenvalue weighted by atomic mass is 9.91. The van der Waals surface area contributed by atoms with Crippen LogP contribution in [0.15, 0.2) is 55.1 Å². The van der Waals surface area contributed by atoms with Gasteiger partial charge in [-0.15, -0.1) is 6.58 Å². The zero-order chi connectivity index (χ0) is 10.9. The van der Waals surface area contributed by atoms with Crippen molar-refractivity contribution < 1.29 is 0 Å². The second kappa shape index (κ2) is 3.52. The largest absolute Gasteiger partial charge is 0.318 e. The fourth-order valence-corrected chi connectivity index (χ4v) is 1.64. The van der Waals surface area contributed by atoms with Gasteiger partial charge in [-0.05, 0) is 29.3 Å². The van der Waals surface area contributed by atoms with E-state index in [0.29, 0.717) is 0 Å². The van der Waals surface area contributed by atoms with E-state index in [4.69, 9.17) is 5.73 Å². The summed E-state index contributed by atoms with van der Waals surface area (Å²) in [5, 5.41) is 2.45. The molecule has 0 aliphatic rings. The summed E-state index contributed by atoms with van der Waals surface area (Å²) in [5.74, 6) is 0. The van der Waals surface area contributed by atoms with Crippen LogP contribution in [-0.4, -0.2) is 0 Å². The number of nitrogens with two attached hydrogens (primary N) is 1. The van der Waals surface area contributed by atoms with Crippen molar-refractivity contribution in [2.45, 2.75) is 12.5 Å². The summed E-state index contributed by atoms with van der Waals surface area (Å²) in [6.45, 7) is 5.73. The third-order valence-corrected chi connectivity index (χ3v) is 2.80. The number of benzene rings is 2. The highest BCUT2D eigenvalue weighted by atomic mass is 14.7. The number of hydrogen-bond donors (Lipinski definition) is 1. The maximum absolute atomic E-state index is 6.11. The Labute approximate surface area is 90.2 Å². The van der Waals surface area contributed by atoms with Crippen LogP contribution in [0.1, 0.15) is 12.5 Å². The lowest BCUT2D eigenvalue weighted by Crippen LogP contribution is -2.29. The lowest BCUT2D eigenvalue weighted by Gasteiger charge is -2.20. The summed E-state index contributed by atoms with van der Waals surface area (Å²) in [6.07, 6.45) is 1.77. The normalized spacial score (nSPS) is 14.8. The molecule has 0 radical (unpaired) electrons. The van der Waals surface area contributed by atoms with Gasteiger partial charge in [0.25, 0.3) is 0 Å². The van der Waals surface area contributed by atoms with Gasteiger partial charge in [0.1, 0.15) is 0 Å². The van der Waals surface area contributed by atoms with Crippen LogP contribution in [0.5, 0.6) is 0 Å². The monoisotopic (exact) mass is 197 g/mol. The third kappa shape index (κ3) is 1.79. The molecule has 0 saturated carbocycles. The molecule has 2 N–H and O–H groups in total. The maximum Gasteiger partial charge on any atom is 0.0564 e. The van der Waals surface area contributed by atoms with Gasteiger partial charge in [0.2, 0.25) is 0 Å². The first-order valence-corrected chi connectivity index (χ1v) is 5.05. The van der Waals surface area contributed by atoms with Crippen LogP contribution in [0, 0.1) is 0 Å². The molecule has 0 spiro atoms. The van der Waals surface area contributed by atoms with Gasteiger partial charge in [0.15, 0.2) is 0 Å². The summed E-state index contributed by atoms with van der Waals surface area (Å²) in [5.41, 5.74) is 6.75. The second-order valence-corrected chi connectivity index (χ2v) is 4.05. The number of fused-ring (bicyclic) bond motifs is 1. The van der Waals surface area contributed by atoms with Crippen LogP contribution < -0.4 is 5.73 Å². The van der Waals surface area contributed by atoms with Crippen LogP contribution in [-0.2, 0) is 5.54 Å². The highest BCUT2D eigenvalue weighted by molar-refractivity contribution is 5.83. The van der Waals surface area contributed by atoms with Gasteiger partial charge < -0.3 is 5.73 Å². The molecule has 76 valence electrons. The van der Waals surface area contributed by atoms with Crippen molar-refractivity contribution in [3.63, 3.8) is 0 Å². The minimum absolute atomic E-state index is 0.454. The predicted octanol–water partition coefficient (Wildman–Crippen LogP) is 3.20. The molecule has 0 heterocycles. The third-order valence-electron chi connectivity index (χ3n) is 2.80. The van der Waals surface area contributed by atoms with E-state index in [2.05, 4.69) is 36.9 Å². The van der Waals surface area contributed by atoms with Crippen LogP contribution >= 0.6 is 0 Å². The van der Waals surface area contributed by atoms with E-state index in [1.54, 1.807) is 6.08 Å². The average molecular weight is 197 g/mol. The first-order valence-electron chi connectivity index (χ1n) is 5.05. The first-order chi connectivity index (χ1) is 7.13. The molecule has 0 saturated heterocycles. The van der Waals surface area contributed by atoms with Gasteiger partial charge in [-0.1, -0.05) is 42.5 Å². The average Bonchev–Trinajstić information content (AvgIpc) is 2.28. The molecule has 0 fully saturated rings. The van der Waals surface area contributed by atoms with E-state index < -0.39 is 5.54 Å². The van der Waals surface area contributed by atoms with E-state index in [-0.39, 0.29) is 0 Å².